The van der Waals surface area contributed by atoms with Crippen molar-refractivity contribution >= 4 is 17.6 Å². The molecule has 0 aliphatic carbocycles. The number of urea groups is 1. The van der Waals surface area contributed by atoms with Crippen molar-refractivity contribution < 1.29 is 14.3 Å². The van der Waals surface area contributed by atoms with Gasteiger partial charge in [0, 0.05) is 19.6 Å². The number of aliphatic hydroxyl groups excluding tert-OH is 1. The summed E-state index contributed by atoms with van der Waals surface area (Å²) in [6.07, 6.45) is 0. The van der Waals surface area contributed by atoms with Crippen LogP contribution in [0.3, 0.4) is 0 Å². The van der Waals surface area contributed by atoms with E-state index in [0.29, 0.717) is 12.1 Å². The minimum absolute atomic E-state index is 0.0215. The lowest BCUT2D eigenvalue weighted by molar-refractivity contribution is 0.173. The topological polar surface area (TPSA) is 52.6 Å². The maximum atomic E-state index is 13.1. The molecular weight excluding hydrogens is 319 g/mol. The van der Waals surface area contributed by atoms with Crippen LogP contribution in [-0.2, 0) is 13.1 Å². The largest absolute Gasteiger partial charge is 0.395 e. The Hall–Kier alpha value is -2.11. The summed E-state index contributed by atoms with van der Waals surface area (Å²) in [6, 6.07) is 13.5. The van der Waals surface area contributed by atoms with Gasteiger partial charge in [0.05, 0.1) is 11.6 Å². The van der Waals surface area contributed by atoms with Crippen LogP contribution in [0.15, 0.2) is 48.5 Å². The molecule has 0 heterocycles. The van der Waals surface area contributed by atoms with Gasteiger partial charge in [-0.3, -0.25) is 0 Å². The first-order chi connectivity index (χ1) is 11.1. The van der Waals surface area contributed by atoms with Crippen molar-refractivity contribution in [2.24, 2.45) is 0 Å². The van der Waals surface area contributed by atoms with Crippen LogP contribution in [0, 0.1) is 5.82 Å². The first-order valence-corrected chi connectivity index (χ1v) is 7.59. The molecule has 122 valence electrons. The predicted octanol–water partition coefficient (Wildman–Crippen LogP) is 3.18. The van der Waals surface area contributed by atoms with Crippen LogP contribution in [-0.4, -0.2) is 29.2 Å². The fourth-order valence-electron chi connectivity index (χ4n) is 2.12. The molecule has 0 bridgehead atoms. The molecule has 0 unspecified atom stereocenters. The molecule has 2 aromatic rings. The standard InChI is InChI=1S/C17H18ClFN2O2/c18-15-10-14(6-7-16(15)19)11-20-17(23)21(8-9-22)12-13-4-2-1-3-5-13/h1-7,10,22H,8-9,11-12H2,(H,20,23). The highest BCUT2D eigenvalue weighted by atomic mass is 35.5. The third-order valence-corrected chi connectivity index (χ3v) is 3.59. The average Bonchev–Trinajstić information content (AvgIpc) is 2.56. The van der Waals surface area contributed by atoms with E-state index in [-0.39, 0.29) is 30.8 Å². The van der Waals surface area contributed by atoms with Gasteiger partial charge >= 0.3 is 6.03 Å². The number of rotatable bonds is 6. The summed E-state index contributed by atoms with van der Waals surface area (Å²) in [4.78, 5) is 13.8. The predicted molar refractivity (Wildman–Crippen MR) is 87.6 cm³/mol. The second kappa shape index (κ2) is 8.50. The molecule has 23 heavy (non-hydrogen) atoms. The van der Waals surface area contributed by atoms with Gasteiger partial charge in [0.1, 0.15) is 5.82 Å². The quantitative estimate of drug-likeness (QED) is 0.851. The summed E-state index contributed by atoms with van der Waals surface area (Å²) in [5, 5.41) is 11.9. The number of aliphatic hydroxyl groups is 1. The molecular formula is C17H18ClFN2O2. The summed E-state index contributed by atoms with van der Waals surface area (Å²) >= 11 is 5.72. The van der Waals surface area contributed by atoms with E-state index in [1.165, 1.54) is 17.0 Å². The highest BCUT2D eigenvalue weighted by molar-refractivity contribution is 6.30. The first kappa shape index (κ1) is 17.2. The number of amides is 2. The van der Waals surface area contributed by atoms with E-state index in [2.05, 4.69) is 5.32 Å². The van der Waals surface area contributed by atoms with Crippen LogP contribution in [0.5, 0.6) is 0 Å². The Bertz CT molecular complexity index is 652. The highest BCUT2D eigenvalue weighted by Crippen LogP contribution is 2.16. The highest BCUT2D eigenvalue weighted by Gasteiger charge is 2.13. The molecule has 0 aromatic heterocycles. The minimum Gasteiger partial charge on any atom is -0.395 e. The summed E-state index contributed by atoms with van der Waals surface area (Å²) in [7, 11) is 0. The maximum absolute atomic E-state index is 13.1. The molecule has 2 amide bonds. The molecule has 2 rings (SSSR count). The number of hydrogen-bond donors (Lipinski definition) is 2. The van der Waals surface area contributed by atoms with Crippen molar-refractivity contribution in [3.8, 4) is 0 Å². The second-order valence-electron chi connectivity index (χ2n) is 5.04. The molecule has 6 heteroatoms. The van der Waals surface area contributed by atoms with Crippen LogP contribution in [0.1, 0.15) is 11.1 Å². The van der Waals surface area contributed by atoms with Gasteiger partial charge in [-0.1, -0.05) is 48.0 Å². The lowest BCUT2D eigenvalue weighted by atomic mass is 10.2. The summed E-state index contributed by atoms with van der Waals surface area (Å²) in [6.45, 7) is 0.737. The normalized spacial score (nSPS) is 10.4. The number of hydrogen-bond acceptors (Lipinski definition) is 2. The van der Waals surface area contributed by atoms with Gasteiger partial charge < -0.3 is 15.3 Å². The van der Waals surface area contributed by atoms with Crippen LogP contribution in [0.4, 0.5) is 9.18 Å². The SMILES string of the molecule is O=C(NCc1ccc(F)c(Cl)c1)N(CCO)Cc1ccccc1. The van der Waals surface area contributed by atoms with Crippen molar-refractivity contribution in [1.29, 1.82) is 0 Å². The van der Waals surface area contributed by atoms with E-state index < -0.39 is 5.82 Å². The van der Waals surface area contributed by atoms with Gasteiger partial charge in [-0.15, -0.1) is 0 Å². The van der Waals surface area contributed by atoms with Gasteiger partial charge in [0.25, 0.3) is 0 Å². The minimum atomic E-state index is -0.493. The Morgan fingerprint density at radius 2 is 1.91 bits per heavy atom. The third-order valence-electron chi connectivity index (χ3n) is 3.30. The molecule has 0 aliphatic heterocycles. The van der Waals surface area contributed by atoms with Gasteiger partial charge in [-0.05, 0) is 23.3 Å². The number of nitrogens with one attached hydrogen (secondary N) is 1. The fraction of sp³-hybridized carbons (Fsp3) is 0.235. The van der Waals surface area contributed by atoms with Gasteiger partial charge in [0.15, 0.2) is 0 Å². The van der Waals surface area contributed by atoms with Crippen LogP contribution in [0.25, 0.3) is 0 Å². The Balaban J connectivity index is 1.96. The van der Waals surface area contributed by atoms with E-state index in [1.54, 1.807) is 6.07 Å². The fourth-order valence-corrected chi connectivity index (χ4v) is 2.32. The molecule has 0 aliphatic rings. The molecule has 0 fully saturated rings. The van der Waals surface area contributed by atoms with E-state index in [0.717, 1.165) is 5.56 Å². The van der Waals surface area contributed by atoms with Crippen molar-refractivity contribution in [2.75, 3.05) is 13.2 Å². The molecule has 0 saturated carbocycles. The van der Waals surface area contributed by atoms with Crippen LogP contribution in [0.2, 0.25) is 5.02 Å². The lowest BCUT2D eigenvalue weighted by Crippen LogP contribution is -2.40. The van der Waals surface area contributed by atoms with E-state index >= 15 is 0 Å². The smallest absolute Gasteiger partial charge is 0.318 e. The molecule has 4 nitrogen and oxygen atoms in total. The molecule has 2 N–H and O–H groups in total. The van der Waals surface area contributed by atoms with Gasteiger partial charge in [0.2, 0.25) is 0 Å². The number of halogens is 2. The monoisotopic (exact) mass is 336 g/mol. The van der Waals surface area contributed by atoms with Crippen LogP contribution < -0.4 is 5.32 Å². The zero-order chi connectivity index (χ0) is 16.7. The number of carbonyl (C=O) groups excluding carboxylic acids is 1. The van der Waals surface area contributed by atoms with Gasteiger partial charge in [-0.25, -0.2) is 9.18 Å². The van der Waals surface area contributed by atoms with Gasteiger partial charge in [-0.2, -0.15) is 0 Å². The summed E-state index contributed by atoms with van der Waals surface area (Å²) < 4.78 is 13.1. The van der Waals surface area contributed by atoms with Crippen LogP contribution >= 0.6 is 11.6 Å². The number of nitrogens with zero attached hydrogens (tertiary/aromatic N) is 1. The third kappa shape index (κ3) is 5.23. The number of carbonyl (C=O) groups is 1. The van der Waals surface area contributed by atoms with Crippen molar-refractivity contribution in [1.82, 2.24) is 10.2 Å². The van der Waals surface area contributed by atoms with E-state index in [9.17, 15) is 9.18 Å². The Labute approximate surface area is 139 Å². The Morgan fingerprint density at radius 3 is 2.57 bits per heavy atom. The summed E-state index contributed by atoms with van der Waals surface area (Å²) in [5.41, 5.74) is 1.68. The molecule has 0 radical (unpaired) electrons. The molecule has 0 atom stereocenters. The zero-order valence-electron chi connectivity index (χ0n) is 12.5. The van der Waals surface area contributed by atoms with Crippen molar-refractivity contribution in [3.63, 3.8) is 0 Å². The van der Waals surface area contributed by atoms with Crippen molar-refractivity contribution in [2.45, 2.75) is 13.1 Å². The summed E-state index contributed by atoms with van der Waals surface area (Å²) in [5.74, 6) is -0.493. The number of benzene rings is 2. The maximum Gasteiger partial charge on any atom is 0.318 e. The first-order valence-electron chi connectivity index (χ1n) is 7.21. The Morgan fingerprint density at radius 1 is 1.17 bits per heavy atom. The average molecular weight is 337 g/mol. The van der Waals surface area contributed by atoms with Crippen molar-refractivity contribution in [3.05, 3.63) is 70.5 Å². The van der Waals surface area contributed by atoms with E-state index in [4.69, 9.17) is 16.7 Å². The second-order valence-corrected chi connectivity index (χ2v) is 5.45. The zero-order valence-corrected chi connectivity index (χ0v) is 13.3. The van der Waals surface area contributed by atoms with E-state index in [1.807, 2.05) is 30.3 Å². The lowest BCUT2D eigenvalue weighted by Gasteiger charge is -2.22. The molecule has 2 aromatic carbocycles. The molecule has 0 saturated heterocycles. The Kier molecular flexibility index (Phi) is 6.38. The molecule has 0 spiro atoms.